The lowest BCUT2D eigenvalue weighted by atomic mass is 9.98. The Balaban J connectivity index is 1.97. The van der Waals surface area contributed by atoms with Gasteiger partial charge < -0.3 is 10.0 Å². The van der Waals surface area contributed by atoms with Crippen LogP contribution in [0.5, 0.6) is 0 Å². The van der Waals surface area contributed by atoms with Gasteiger partial charge in [-0.1, -0.05) is 13.8 Å². The van der Waals surface area contributed by atoms with Gasteiger partial charge in [0, 0.05) is 25.1 Å². The zero-order valence-corrected chi connectivity index (χ0v) is 10.4. The number of aliphatic hydroxyl groups is 1. The molecule has 0 aromatic heterocycles. The number of carbonyl (C=O) groups is 1. The molecule has 0 aromatic rings. The average Bonchev–Trinajstić information content (AvgIpc) is 2.88. The fourth-order valence-electron chi connectivity index (χ4n) is 2.83. The van der Waals surface area contributed by atoms with Gasteiger partial charge in [0.25, 0.3) is 0 Å². The van der Waals surface area contributed by atoms with Crippen molar-refractivity contribution in [3.8, 4) is 0 Å². The second-order valence-electron chi connectivity index (χ2n) is 5.94. The fraction of sp³-hybridized carbons (Fsp3) is 0.923. The molecule has 2 unspecified atom stereocenters. The lowest BCUT2D eigenvalue weighted by Crippen LogP contribution is -2.45. The first kappa shape index (κ1) is 11.9. The Labute approximate surface area is 97.8 Å². The van der Waals surface area contributed by atoms with Gasteiger partial charge in [-0.25, -0.2) is 0 Å². The largest absolute Gasteiger partial charge is 0.396 e. The maximum Gasteiger partial charge on any atom is 0.226 e. The third kappa shape index (κ3) is 2.24. The van der Waals surface area contributed by atoms with E-state index in [0.717, 1.165) is 32.2 Å². The predicted molar refractivity (Wildman–Crippen MR) is 62.9 cm³/mol. The number of hydrogen-bond acceptors (Lipinski definition) is 2. The van der Waals surface area contributed by atoms with Crippen molar-refractivity contribution in [1.29, 1.82) is 0 Å². The standard InChI is InChI=1S/C13H23NO2/c1-13(2)9-11(13)12(16)14-7-4-3-5-10(14)6-8-15/h10-11,15H,3-9H2,1-2H3. The Morgan fingerprint density at radius 3 is 2.69 bits per heavy atom. The molecule has 0 bridgehead atoms. The SMILES string of the molecule is CC1(C)CC1C(=O)N1CCCCC1CCO. The van der Waals surface area contributed by atoms with Crippen LogP contribution >= 0.6 is 0 Å². The van der Waals surface area contributed by atoms with Gasteiger partial charge in [-0.3, -0.25) is 4.79 Å². The number of nitrogens with zero attached hydrogens (tertiary/aromatic N) is 1. The Morgan fingerprint density at radius 1 is 1.44 bits per heavy atom. The van der Waals surface area contributed by atoms with E-state index in [2.05, 4.69) is 13.8 Å². The van der Waals surface area contributed by atoms with Gasteiger partial charge in [-0.2, -0.15) is 0 Å². The van der Waals surface area contributed by atoms with Crippen LogP contribution in [0.3, 0.4) is 0 Å². The molecular weight excluding hydrogens is 202 g/mol. The highest BCUT2D eigenvalue weighted by Crippen LogP contribution is 2.52. The van der Waals surface area contributed by atoms with E-state index < -0.39 is 0 Å². The van der Waals surface area contributed by atoms with Crippen molar-refractivity contribution in [2.24, 2.45) is 11.3 Å². The number of hydrogen-bond donors (Lipinski definition) is 1. The number of aliphatic hydroxyl groups excluding tert-OH is 1. The van der Waals surface area contributed by atoms with Gasteiger partial charge in [0.1, 0.15) is 0 Å². The molecule has 16 heavy (non-hydrogen) atoms. The fourth-order valence-corrected chi connectivity index (χ4v) is 2.83. The molecule has 0 aromatic carbocycles. The maximum atomic E-state index is 12.3. The lowest BCUT2D eigenvalue weighted by molar-refractivity contribution is -0.137. The van der Waals surface area contributed by atoms with E-state index in [4.69, 9.17) is 5.11 Å². The first-order valence-electron chi connectivity index (χ1n) is 6.47. The molecule has 1 heterocycles. The molecule has 1 N–H and O–H groups in total. The second-order valence-corrected chi connectivity index (χ2v) is 5.94. The summed E-state index contributed by atoms with van der Waals surface area (Å²) < 4.78 is 0. The molecule has 92 valence electrons. The third-order valence-electron chi connectivity index (χ3n) is 4.18. The summed E-state index contributed by atoms with van der Waals surface area (Å²) in [6.45, 7) is 5.43. The minimum Gasteiger partial charge on any atom is -0.396 e. The summed E-state index contributed by atoms with van der Waals surface area (Å²) in [7, 11) is 0. The molecule has 1 aliphatic carbocycles. The van der Waals surface area contributed by atoms with Crippen LogP contribution in [0.1, 0.15) is 46.0 Å². The number of piperidine rings is 1. The van der Waals surface area contributed by atoms with E-state index in [1.165, 1.54) is 6.42 Å². The summed E-state index contributed by atoms with van der Waals surface area (Å²) >= 11 is 0. The molecule has 3 heteroatoms. The number of rotatable bonds is 3. The molecule has 2 atom stereocenters. The highest BCUT2D eigenvalue weighted by molar-refractivity contribution is 5.82. The number of carbonyl (C=O) groups excluding carboxylic acids is 1. The van der Waals surface area contributed by atoms with Crippen LogP contribution in [0.4, 0.5) is 0 Å². The minimum atomic E-state index is 0.197. The van der Waals surface area contributed by atoms with Crippen molar-refractivity contribution >= 4 is 5.91 Å². The van der Waals surface area contributed by atoms with Crippen molar-refractivity contribution in [2.45, 2.75) is 52.0 Å². The van der Waals surface area contributed by atoms with Gasteiger partial charge in [-0.15, -0.1) is 0 Å². The van der Waals surface area contributed by atoms with E-state index >= 15 is 0 Å². The van der Waals surface area contributed by atoms with Gasteiger partial charge in [-0.05, 0) is 37.5 Å². The van der Waals surface area contributed by atoms with Crippen LogP contribution in [0, 0.1) is 11.3 Å². The molecule has 2 aliphatic rings. The number of likely N-dealkylation sites (tertiary alicyclic amines) is 1. The predicted octanol–water partition coefficient (Wildman–Crippen LogP) is 1.80. The molecule has 1 amide bonds. The van der Waals surface area contributed by atoms with Crippen LogP contribution in [0.2, 0.25) is 0 Å². The summed E-state index contributed by atoms with van der Waals surface area (Å²) in [6, 6.07) is 0.294. The third-order valence-corrected chi connectivity index (χ3v) is 4.18. The van der Waals surface area contributed by atoms with Crippen LogP contribution in [-0.2, 0) is 4.79 Å². The highest BCUT2D eigenvalue weighted by atomic mass is 16.3. The van der Waals surface area contributed by atoms with Gasteiger partial charge in [0.05, 0.1) is 0 Å². The monoisotopic (exact) mass is 225 g/mol. The molecule has 2 fully saturated rings. The Kier molecular flexibility index (Phi) is 3.24. The molecule has 1 aliphatic heterocycles. The first-order valence-corrected chi connectivity index (χ1v) is 6.47. The quantitative estimate of drug-likeness (QED) is 0.795. The van der Waals surface area contributed by atoms with E-state index in [0.29, 0.717) is 11.9 Å². The van der Waals surface area contributed by atoms with Crippen LogP contribution in [0.25, 0.3) is 0 Å². The van der Waals surface area contributed by atoms with Crippen LogP contribution < -0.4 is 0 Å². The molecular formula is C13H23NO2. The Morgan fingerprint density at radius 2 is 2.12 bits per heavy atom. The maximum absolute atomic E-state index is 12.3. The van der Waals surface area contributed by atoms with Crippen LogP contribution in [-0.4, -0.2) is 35.1 Å². The Hall–Kier alpha value is -0.570. The second kappa shape index (κ2) is 4.36. The zero-order valence-electron chi connectivity index (χ0n) is 10.4. The summed E-state index contributed by atoms with van der Waals surface area (Å²) in [4.78, 5) is 14.3. The smallest absolute Gasteiger partial charge is 0.226 e. The van der Waals surface area contributed by atoms with E-state index in [9.17, 15) is 4.79 Å². The summed E-state index contributed by atoms with van der Waals surface area (Å²) in [5.74, 6) is 0.579. The summed E-state index contributed by atoms with van der Waals surface area (Å²) in [5.41, 5.74) is 0.221. The van der Waals surface area contributed by atoms with Crippen molar-refractivity contribution in [3.63, 3.8) is 0 Å². The van der Waals surface area contributed by atoms with Crippen molar-refractivity contribution in [3.05, 3.63) is 0 Å². The van der Waals surface area contributed by atoms with Gasteiger partial charge in [0.2, 0.25) is 5.91 Å². The molecule has 0 spiro atoms. The summed E-state index contributed by atoms with van der Waals surface area (Å²) in [5, 5.41) is 9.04. The van der Waals surface area contributed by atoms with Crippen LogP contribution in [0.15, 0.2) is 0 Å². The van der Waals surface area contributed by atoms with Crippen molar-refractivity contribution < 1.29 is 9.90 Å². The van der Waals surface area contributed by atoms with Gasteiger partial charge in [0.15, 0.2) is 0 Å². The molecule has 1 saturated heterocycles. The van der Waals surface area contributed by atoms with Crippen molar-refractivity contribution in [2.75, 3.05) is 13.2 Å². The molecule has 2 rings (SSSR count). The van der Waals surface area contributed by atoms with Gasteiger partial charge >= 0.3 is 0 Å². The molecule has 3 nitrogen and oxygen atoms in total. The molecule has 0 radical (unpaired) electrons. The average molecular weight is 225 g/mol. The lowest BCUT2D eigenvalue weighted by Gasteiger charge is -2.36. The number of amides is 1. The van der Waals surface area contributed by atoms with Crippen molar-refractivity contribution in [1.82, 2.24) is 4.90 Å². The first-order chi connectivity index (χ1) is 7.56. The van der Waals surface area contributed by atoms with E-state index in [1.807, 2.05) is 4.90 Å². The Bertz CT molecular complexity index is 273. The zero-order chi connectivity index (χ0) is 11.8. The van der Waals surface area contributed by atoms with E-state index in [-0.39, 0.29) is 17.9 Å². The minimum absolute atomic E-state index is 0.197. The van der Waals surface area contributed by atoms with E-state index in [1.54, 1.807) is 0 Å². The highest BCUT2D eigenvalue weighted by Gasteiger charge is 2.52. The summed E-state index contributed by atoms with van der Waals surface area (Å²) in [6.07, 6.45) is 5.18. The molecule has 1 saturated carbocycles. The normalized spacial score (nSPS) is 32.6. The topological polar surface area (TPSA) is 40.5 Å².